The van der Waals surface area contributed by atoms with Gasteiger partial charge in [0.2, 0.25) is 0 Å². The summed E-state index contributed by atoms with van der Waals surface area (Å²) >= 11 is 0. The number of ether oxygens (including phenoxy) is 1. The molecule has 25 heavy (non-hydrogen) atoms. The molecule has 2 N–H and O–H groups in total. The topological polar surface area (TPSA) is 71.5 Å². The molecule has 132 valence electrons. The number of nitrogens with one attached hydrogen (secondary N) is 1. The van der Waals surface area contributed by atoms with E-state index in [0.717, 1.165) is 29.4 Å². The molecule has 1 atom stereocenters. The zero-order valence-corrected chi connectivity index (χ0v) is 14.3. The minimum absolute atomic E-state index is 0.165. The van der Waals surface area contributed by atoms with Crippen LogP contribution in [0.25, 0.3) is 10.9 Å². The van der Waals surface area contributed by atoms with Crippen molar-refractivity contribution >= 4 is 16.8 Å². The third-order valence-electron chi connectivity index (χ3n) is 4.84. The molecule has 1 amide bonds. The fourth-order valence-corrected chi connectivity index (χ4v) is 2.99. The predicted molar refractivity (Wildman–Crippen MR) is 95.6 cm³/mol. The number of nitrogens with zero attached hydrogens (tertiary/aromatic N) is 1. The highest BCUT2D eigenvalue weighted by Crippen LogP contribution is 2.40. The zero-order valence-electron chi connectivity index (χ0n) is 14.3. The normalized spacial score (nSPS) is 18.3. The number of hydrogen-bond acceptors (Lipinski definition) is 4. The summed E-state index contributed by atoms with van der Waals surface area (Å²) in [6, 6.07) is 9.62. The Morgan fingerprint density at radius 2 is 2.08 bits per heavy atom. The van der Waals surface area contributed by atoms with Crippen molar-refractivity contribution in [2.24, 2.45) is 5.92 Å². The first kappa shape index (κ1) is 16.5. The van der Waals surface area contributed by atoms with Gasteiger partial charge in [-0.1, -0.05) is 18.2 Å². The molecule has 0 aliphatic heterocycles. The quantitative estimate of drug-likeness (QED) is 0.775. The minimum atomic E-state index is -0.682. The standard InChI is InChI=1S/C20H24N2O3/c23-15(12-25-11-13-5-6-13)10-21-20(24)17-9-19(14-7-8-14)22-18-4-2-1-3-16(17)18/h1-4,9,13-15,23H,5-8,10-12H2,(H,21,24)/t15-/m1/s1. The summed E-state index contributed by atoms with van der Waals surface area (Å²) in [5.41, 5.74) is 2.49. The van der Waals surface area contributed by atoms with Gasteiger partial charge in [0.05, 0.1) is 23.8 Å². The molecule has 2 fully saturated rings. The number of amides is 1. The maximum absolute atomic E-state index is 12.7. The van der Waals surface area contributed by atoms with Crippen molar-refractivity contribution in [3.8, 4) is 0 Å². The largest absolute Gasteiger partial charge is 0.389 e. The van der Waals surface area contributed by atoms with Gasteiger partial charge in [0.15, 0.2) is 0 Å². The van der Waals surface area contributed by atoms with Crippen molar-refractivity contribution in [1.82, 2.24) is 10.3 Å². The van der Waals surface area contributed by atoms with Crippen LogP contribution < -0.4 is 5.32 Å². The molecule has 2 aliphatic rings. The molecular weight excluding hydrogens is 316 g/mol. The van der Waals surface area contributed by atoms with Gasteiger partial charge in [0.25, 0.3) is 5.91 Å². The maximum Gasteiger partial charge on any atom is 0.252 e. The molecule has 5 heteroatoms. The Balaban J connectivity index is 1.41. The number of fused-ring (bicyclic) bond motifs is 1. The van der Waals surface area contributed by atoms with E-state index >= 15 is 0 Å². The lowest BCUT2D eigenvalue weighted by atomic mass is 10.1. The van der Waals surface area contributed by atoms with Crippen LogP contribution in [0.3, 0.4) is 0 Å². The average Bonchev–Trinajstić information content (AvgIpc) is 3.52. The van der Waals surface area contributed by atoms with Crippen LogP contribution in [0.15, 0.2) is 30.3 Å². The number of para-hydroxylation sites is 1. The number of carbonyl (C=O) groups excluding carboxylic acids is 1. The van der Waals surface area contributed by atoms with Crippen LogP contribution in [-0.2, 0) is 4.74 Å². The van der Waals surface area contributed by atoms with E-state index in [-0.39, 0.29) is 19.1 Å². The molecule has 0 saturated heterocycles. The molecule has 0 radical (unpaired) electrons. The Kier molecular flexibility index (Phi) is 4.68. The van der Waals surface area contributed by atoms with Crippen LogP contribution in [-0.4, -0.2) is 41.9 Å². The minimum Gasteiger partial charge on any atom is -0.389 e. The number of aliphatic hydroxyl groups is 1. The fraction of sp³-hybridized carbons (Fsp3) is 0.500. The van der Waals surface area contributed by atoms with E-state index in [0.29, 0.717) is 24.0 Å². The van der Waals surface area contributed by atoms with Crippen molar-refractivity contribution in [3.05, 3.63) is 41.6 Å². The Morgan fingerprint density at radius 1 is 1.28 bits per heavy atom. The van der Waals surface area contributed by atoms with Gasteiger partial charge in [-0.15, -0.1) is 0 Å². The van der Waals surface area contributed by atoms with Crippen LogP contribution in [0.5, 0.6) is 0 Å². The lowest BCUT2D eigenvalue weighted by Crippen LogP contribution is -2.35. The van der Waals surface area contributed by atoms with Gasteiger partial charge in [-0.25, -0.2) is 0 Å². The second-order valence-corrected chi connectivity index (χ2v) is 7.23. The molecule has 0 bridgehead atoms. The number of hydrogen-bond donors (Lipinski definition) is 2. The van der Waals surface area contributed by atoms with Crippen LogP contribution in [0.4, 0.5) is 0 Å². The van der Waals surface area contributed by atoms with Gasteiger partial charge in [-0.3, -0.25) is 9.78 Å². The number of aromatic nitrogens is 1. The second-order valence-electron chi connectivity index (χ2n) is 7.23. The van der Waals surface area contributed by atoms with Crippen LogP contribution in [0.1, 0.15) is 47.7 Å². The summed E-state index contributed by atoms with van der Waals surface area (Å²) in [5.74, 6) is 0.991. The Bertz CT molecular complexity index is 769. The van der Waals surface area contributed by atoms with Crippen molar-refractivity contribution in [3.63, 3.8) is 0 Å². The van der Waals surface area contributed by atoms with Gasteiger partial charge >= 0.3 is 0 Å². The van der Waals surface area contributed by atoms with Gasteiger partial charge in [-0.2, -0.15) is 0 Å². The monoisotopic (exact) mass is 340 g/mol. The number of aliphatic hydroxyl groups excluding tert-OH is 1. The number of benzene rings is 1. The third kappa shape index (κ3) is 4.17. The second kappa shape index (κ2) is 7.10. The zero-order chi connectivity index (χ0) is 17.2. The van der Waals surface area contributed by atoms with Crippen molar-refractivity contribution in [2.45, 2.75) is 37.7 Å². The highest BCUT2D eigenvalue weighted by Gasteiger charge is 2.27. The highest BCUT2D eigenvalue weighted by atomic mass is 16.5. The first-order valence-corrected chi connectivity index (χ1v) is 9.14. The van der Waals surface area contributed by atoms with E-state index in [4.69, 9.17) is 4.74 Å². The number of pyridine rings is 1. The number of carbonyl (C=O) groups is 1. The van der Waals surface area contributed by atoms with E-state index in [9.17, 15) is 9.90 Å². The van der Waals surface area contributed by atoms with Crippen molar-refractivity contribution in [1.29, 1.82) is 0 Å². The van der Waals surface area contributed by atoms with Gasteiger partial charge < -0.3 is 15.2 Å². The van der Waals surface area contributed by atoms with Crippen molar-refractivity contribution in [2.75, 3.05) is 19.8 Å². The van der Waals surface area contributed by atoms with Crippen LogP contribution >= 0.6 is 0 Å². The summed E-state index contributed by atoms with van der Waals surface area (Å²) in [6.45, 7) is 1.17. The van der Waals surface area contributed by atoms with Crippen molar-refractivity contribution < 1.29 is 14.6 Å². The number of rotatable bonds is 8. The maximum atomic E-state index is 12.7. The van der Waals surface area contributed by atoms with Gasteiger partial charge in [0, 0.05) is 30.1 Å². The molecule has 1 aromatic carbocycles. The Labute approximate surface area is 147 Å². The summed E-state index contributed by atoms with van der Waals surface area (Å²) < 4.78 is 5.48. The van der Waals surface area contributed by atoms with Crippen LogP contribution in [0, 0.1) is 5.92 Å². The highest BCUT2D eigenvalue weighted by molar-refractivity contribution is 6.06. The lowest BCUT2D eigenvalue weighted by molar-refractivity contribution is 0.0321. The molecule has 4 rings (SSSR count). The van der Waals surface area contributed by atoms with Gasteiger partial charge in [-0.05, 0) is 43.7 Å². The molecule has 2 saturated carbocycles. The molecule has 0 spiro atoms. The molecule has 2 aromatic rings. The molecule has 0 unspecified atom stereocenters. The smallest absolute Gasteiger partial charge is 0.252 e. The van der Waals surface area contributed by atoms with E-state index in [1.807, 2.05) is 30.3 Å². The first-order valence-electron chi connectivity index (χ1n) is 9.14. The molecular formula is C20H24N2O3. The first-order chi connectivity index (χ1) is 12.2. The molecule has 2 aliphatic carbocycles. The molecule has 1 heterocycles. The predicted octanol–water partition coefficient (Wildman–Crippen LogP) is 2.63. The summed E-state index contributed by atoms with van der Waals surface area (Å²) in [5, 5.41) is 13.7. The van der Waals surface area contributed by atoms with Crippen LogP contribution in [0.2, 0.25) is 0 Å². The van der Waals surface area contributed by atoms with E-state index in [1.165, 1.54) is 12.8 Å². The van der Waals surface area contributed by atoms with E-state index in [2.05, 4.69) is 10.3 Å². The Hall–Kier alpha value is -1.98. The van der Waals surface area contributed by atoms with E-state index < -0.39 is 6.10 Å². The molecule has 5 nitrogen and oxygen atoms in total. The fourth-order valence-electron chi connectivity index (χ4n) is 2.99. The molecule has 1 aromatic heterocycles. The van der Waals surface area contributed by atoms with E-state index in [1.54, 1.807) is 0 Å². The lowest BCUT2D eigenvalue weighted by Gasteiger charge is -2.14. The summed E-state index contributed by atoms with van der Waals surface area (Å²) in [6.07, 6.45) is 4.06. The third-order valence-corrected chi connectivity index (χ3v) is 4.84. The summed E-state index contributed by atoms with van der Waals surface area (Å²) in [7, 11) is 0. The Morgan fingerprint density at radius 3 is 2.84 bits per heavy atom. The SMILES string of the molecule is O=C(NC[C@@H](O)COCC1CC1)c1cc(C2CC2)nc2ccccc12. The summed E-state index contributed by atoms with van der Waals surface area (Å²) in [4.78, 5) is 17.3. The van der Waals surface area contributed by atoms with Gasteiger partial charge in [0.1, 0.15) is 0 Å². The average molecular weight is 340 g/mol.